The number of ether oxygens (including phenoxy) is 5. The fourth-order valence-electron chi connectivity index (χ4n) is 3.39. The van der Waals surface area contributed by atoms with Gasteiger partial charge in [-0.2, -0.15) is 0 Å². The summed E-state index contributed by atoms with van der Waals surface area (Å²) in [5.74, 6) is 1.44. The van der Waals surface area contributed by atoms with Crippen LogP contribution in [0.15, 0.2) is 11.8 Å². The molecule has 2 aliphatic heterocycles. The van der Waals surface area contributed by atoms with Gasteiger partial charge in [0, 0.05) is 25.7 Å². The summed E-state index contributed by atoms with van der Waals surface area (Å²) in [6.07, 6.45) is 13.2. The Morgan fingerprint density at radius 2 is 1.62 bits per heavy atom. The zero-order chi connectivity index (χ0) is 18.5. The molecule has 26 heavy (non-hydrogen) atoms. The van der Waals surface area contributed by atoms with Crippen molar-refractivity contribution in [3.8, 4) is 0 Å². The van der Waals surface area contributed by atoms with Crippen LogP contribution in [0.4, 0.5) is 0 Å². The maximum Gasteiger partial charge on any atom is 0.157 e. The summed E-state index contributed by atoms with van der Waals surface area (Å²) in [5.41, 5.74) is 0. The lowest BCUT2D eigenvalue weighted by Crippen LogP contribution is -2.23. The summed E-state index contributed by atoms with van der Waals surface area (Å²) >= 11 is 0. The third kappa shape index (κ3) is 8.85. The molecule has 2 aliphatic rings. The van der Waals surface area contributed by atoms with Gasteiger partial charge in [-0.3, -0.25) is 0 Å². The van der Waals surface area contributed by atoms with Gasteiger partial charge in [-0.1, -0.05) is 6.92 Å². The van der Waals surface area contributed by atoms with Crippen LogP contribution < -0.4 is 0 Å². The number of methoxy groups -OCH3 is 1. The van der Waals surface area contributed by atoms with Crippen molar-refractivity contribution in [2.24, 2.45) is 5.92 Å². The van der Waals surface area contributed by atoms with E-state index in [4.69, 9.17) is 23.7 Å². The van der Waals surface area contributed by atoms with Crippen molar-refractivity contribution in [3.05, 3.63) is 11.8 Å². The first-order valence-electron chi connectivity index (χ1n) is 10.5. The molecule has 0 bridgehead atoms. The van der Waals surface area contributed by atoms with Gasteiger partial charge in [-0.25, -0.2) is 0 Å². The third-order valence-electron chi connectivity index (χ3n) is 5.10. The molecule has 5 nitrogen and oxygen atoms in total. The molecule has 0 aliphatic carbocycles. The van der Waals surface area contributed by atoms with E-state index in [-0.39, 0.29) is 12.6 Å². The van der Waals surface area contributed by atoms with Crippen LogP contribution in [0.1, 0.15) is 71.1 Å². The molecule has 0 radical (unpaired) electrons. The first kappa shape index (κ1) is 21.7. The molecule has 3 atom stereocenters. The van der Waals surface area contributed by atoms with Crippen molar-refractivity contribution in [1.29, 1.82) is 0 Å². The zero-order valence-electron chi connectivity index (χ0n) is 16.8. The quantitative estimate of drug-likeness (QED) is 0.365. The Labute approximate surface area is 159 Å². The first-order chi connectivity index (χ1) is 12.8. The molecule has 0 amide bonds. The lowest BCUT2D eigenvalue weighted by atomic mass is 10.0. The Morgan fingerprint density at radius 3 is 2.19 bits per heavy atom. The van der Waals surface area contributed by atoms with Gasteiger partial charge in [0.1, 0.15) is 0 Å². The summed E-state index contributed by atoms with van der Waals surface area (Å²) in [6, 6.07) is 0. The molecule has 2 rings (SSSR count). The van der Waals surface area contributed by atoms with Crippen molar-refractivity contribution in [2.75, 3.05) is 33.5 Å². The monoisotopic (exact) mass is 370 g/mol. The van der Waals surface area contributed by atoms with E-state index in [0.29, 0.717) is 5.92 Å². The van der Waals surface area contributed by atoms with Crippen LogP contribution in [0.3, 0.4) is 0 Å². The molecule has 2 heterocycles. The van der Waals surface area contributed by atoms with Crippen molar-refractivity contribution in [2.45, 2.75) is 83.7 Å². The number of rotatable bonds is 12. The largest absolute Gasteiger partial charge is 0.501 e. The second kappa shape index (κ2) is 13.5. The van der Waals surface area contributed by atoms with Gasteiger partial charge in [-0.05, 0) is 70.3 Å². The molecule has 3 unspecified atom stereocenters. The van der Waals surface area contributed by atoms with E-state index >= 15 is 0 Å². The standard InChI is InChI=1S/C21H38O5/c1-18(13-17-26-21-12-6-9-16-25-21)19(22-2)10-4-3-7-14-23-20-11-5-8-15-24-20/h10,18,20-21H,3-9,11-17H2,1-2H3/b19-10-. The summed E-state index contributed by atoms with van der Waals surface area (Å²) in [4.78, 5) is 0. The molecule has 0 aromatic rings. The van der Waals surface area contributed by atoms with Gasteiger partial charge in [0.2, 0.25) is 0 Å². The van der Waals surface area contributed by atoms with Crippen molar-refractivity contribution in [1.82, 2.24) is 0 Å². The van der Waals surface area contributed by atoms with E-state index in [1.165, 1.54) is 19.3 Å². The SMILES string of the molecule is CO/C(=C\CCCCOC1CCCCO1)C(C)CCOC1CCCCO1. The van der Waals surface area contributed by atoms with Gasteiger partial charge >= 0.3 is 0 Å². The highest BCUT2D eigenvalue weighted by Crippen LogP contribution is 2.20. The summed E-state index contributed by atoms with van der Waals surface area (Å²) in [7, 11) is 1.76. The molecular weight excluding hydrogens is 332 g/mol. The smallest absolute Gasteiger partial charge is 0.157 e. The molecular formula is C21H38O5. The second-order valence-electron chi connectivity index (χ2n) is 7.33. The van der Waals surface area contributed by atoms with E-state index in [0.717, 1.165) is 77.1 Å². The summed E-state index contributed by atoms with van der Waals surface area (Å²) in [5, 5.41) is 0. The zero-order valence-corrected chi connectivity index (χ0v) is 16.8. The predicted molar refractivity (Wildman–Crippen MR) is 102 cm³/mol. The Morgan fingerprint density at radius 1 is 0.962 bits per heavy atom. The molecule has 0 saturated carbocycles. The maximum absolute atomic E-state index is 5.83. The van der Waals surface area contributed by atoms with E-state index in [1.54, 1.807) is 7.11 Å². The highest BCUT2D eigenvalue weighted by molar-refractivity contribution is 4.97. The van der Waals surface area contributed by atoms with E-state index < -0.39 is 0 Å². The van der Waals surface area contributed by atoms with Gasteiger partial charge in [0.05, 0.1) is 19.5 Å². The molecule has 0 aromatic heterocycles. The lowest BCUT2D eigenvalue weighted by molar-refractivity contribution is -0.163. The normalized spacial score (nSPS) is 25.8. The number of hydrogen-bond donors (Lipinski definition) is 0. The third-order valence-corrected chi connectivity index (χ3v) is 5.10. The van der Waals surface area contributed by atoms with Crippen LogP contribution in [-0.2, 0) is 23.7 Å². The molecule has 0 spiro atoms. The Kier molecular flexibility index (Phi) is 11.3. The molecule has 2 saturated heterocycles. The van der Waals surface area contributed by atoms with Crippen molar-refractivity contribution in [3.63, 3.8) is 0 Å². The summed E-state index contributed by atoms with van der Waals surface area (Å²) < 4.78 is 28.4. The highest BCUT2D eigenvalue weighted by atomic mass is 16.7. The minimum atomic E-state index is -0.000863. The molecule has 0 N–H and O–H groups in total. The predicted octanol–water partition coefficient (Wildman–Crippen LogP) is 4.80. The maximum atomic E-state index is 5.83. The average molecular weight is 371 g/mol. The van der Waals surface area contributed by atoms with Crippen LogP contribution in [0.2, 0.25) is 0 Å². The van der Waals surface area contributed by atoms with Gasteiger partial charge in [-0.15, -0.1) is 0 Å². The fraction of sp³-hybridized carbons (Fsp3) is 0.905. The molecule has 0 aromatic carbocycles. The average Bonchev–Trinajstić information content (AvgIpc) is 2.69. The number of hydrogen-bond acceptors (Lipinski definition) is 5. The van der Waals surface area contributed by atoms with E-state index in [9.17, 15) is 0 Å². The van der Waals surface area contributed by atoms with Crippen LogP contribution in [-0.4, -0.2) is 46.1 Å². The molecule has 2 fully saturated rings. The van der Waals surface area contributed by atoms with Crippen LogP contribution in [0.25, 0.3) is 0 Å². The van der Waals surface area contributed by atoms with Crippen molar-refractivity contribution < 1.29 is 23.7 Å². The van der Waals surface area contributed by atoms with Crippen LogP contribution in [0.5, 0.6) is 0 Å². The molecule has 5 heteroatoms. The number of unbranched alkanes of at least 4 members (excludes halogenated alkanes) is 2. The van der Waals surface area contributed by atoms with E-state index in [2.05, 4.69) is 13.0 Å². The Balaban J connectivity index is 1.52. The Bertz CT molecular complexity index is 373. The topological polar surface area (TPSA) is 46.2 Å². The highest BCUT2D eigenvalue weighted by Gasteiger charge is 2.16. The fourth-order valence-corrected chi connectivity index (χ4v) is 3.39. The summed E-state index contributed by atoms with van der Waals surface area (Å²) in [6.45, 7) is 5.39. The minimum absolute atomic E-state index is 0.000863. The van der Waals surface area contributed by atoms with Gasteiger partial charge < -0.3 is 23.7 Å². The number of allylic oxidation sites excluding steroid dienone is 2. The second-order valence-corrected chi connectivity index (χ2v) is 7.33. The lowest BCUT2D eigenvalue weighted by Gasteiger charge is -2.23. The minimum Gasteiger partial charge on any atom is -0.501 e. The molecule has 152 valence electrons. The first-order valence-corrected chi connectivity index (χ1v) is 10.5. The Hall–Kier alpha value is -0.620. The van der Waals surface area contributed by atoms with Crippen molar-refractivity contribution >= 4 is 0 Å². The van der Waals surface area contributed by atoms with E-state index in [1.807, 2.05) is 0 Å². The van der Waals surface area contributed by atoms with Gasteiger partial charge in [0.15, 0.2) is 12.6 Å². The van der Waals surface area contributed by atoms with Gasteiger partial charge in [0.25, 0.3) is 0 Å². The van der Waals surface area contributed by atoms with Crippen LogP contribution in [0, 0.1) is 5.92 Å². The van der Waals surface area contributed by atoms with Crippen LogP contribution >= 0.6 is 0 Å².